The lowest BCUT2D eigenvalue weighted by Crippen LogP contribution is -2.47. The van der Waals surface area contributed by atoms with Crippen LogP contribution in [0.15, 0.2) is 24.3 Å². The topological polar surface area (TPSA) is 78.5 Å². The number of anilines is 2. The molecule has 1 aliphatic carbocycles. The van der Waals surface area contributed by atoms with Gasteiger partial charge in [-0.25, -0.2) is 0 Å². The van der Waals surface area contributed by atoms with Gasteiger partial charge in [-0.2, -0.15) is 0 Å². The molecule has 0 unspecified atom stereocenters. The number of nitrogens with one attached hydrogen (secondary N) is 2. The summed E-state index contributed by atoms with van der Waals surface area (Å²) in [6.45, 7) is 6.67. The normalized spacial score (nSPS) is 22.2. The van der Waals surface area contributed by atoms with E-state index in [0.29, 0.717) is 17.3 Å². The SMILES string of the molecule is CC(C)(C)[C@H]1CCCC[C@@H]1NC(=O)CCC(=O)N1CC(=O)Nc2ccccc21. The number of nitrogens with zero attached hydrogens (tertiary/aromatic N) is 1. The lowest BCUT2D eigenvalue weighted by molar-refractivity contribution is -0.126. The van der Waals surface area contributed by atoms with Crippen LogP contribution in [0, 0.1) is 11.3 Å². The molecule has 3 rings (SSSR count). The first kappa shape index (κ1) is 20.4. The summed E-state index contributed by atoms with van der Waals surface area (Å²) in [5.41, 5.74) is 1.47. The Morgan fingerprint density at radius 1 is 1.14 bits per heavy atom. The lowest BCUT2D eigenvalue weighted by Gasteiger charge is -2.40. The van der Waals surface area contributed by atoms with Crippen molar-refractivity contribution < 1.29 is 14.4 Å². The summed E-state index contributed by atoms with van der Waals surface area (Å²) in [7, 11) is 0. The van der Waals surface area contributed by atoms with Gasteiger partial charge in [0, 0.05) is 18.9 Å². The molecule has 0 aromatic heterocycles. The molecule has 0 bridgehead atoms. The zero-order valence-electron chi connectivity index (χ0n) is 17.1. The number of hydrogen-bond acceptors (Lipinski definition) is 3. The molecule has 2 aliphatic rings. The highest BCUT2D eigenvalue weighted by molar-refractivity contribution is 6.10. The van der Waals surface area contributed by atoms with Gasteiger partial charge >= 0.3 is 0 Å². The van der Waals surface area contributed by atoms with Gasteiger partial charge in [-0.05, 0) is 36.3 Å². The van der Waals surface area contributed by atoms with Crippen molar-refractivity contribution in [2.75, 3.05) is 16.8 Å². The van der Waals surface area contributed by atoms with Gasteiger partial charge in [-0.15, -0.1) is 0 Å². The van der Waals surface area contributed by atoms with Crippen LogP contribution >= 0.6 is 0 Å². The van der Waals surface area contributed by atoms with Gasteiger partial charge in [0.2, 0.25) is 17.7 Å². The van der Waals surface area contributed by atoms with Crippen LogP contribution in [-0.2, 0) is 14.4 Å². The first-order chi connectivity index (χ1) is 13.3. The summed E-state index contributed by atoms with van der Waals surface area (Å²) >= 11 is 0. The van der Waals surface area contributed by atoms with Crippen molar-refractivity contribution in [1.82, 2.24) is 5.32 Å². The van der Waals surface area contributed by atoms with Crippen molar-refractivity contribution >= 4 is 29.1 Å². The Bertz CT molecular complexity index is 754. The van der Waals surface area contributed by atoms with Gasteiger partial charge in [0.15, 0.2) is 0 Å². The first-order valence-corrected chi connectivity index (χ1v) is 10.2. The van der Waals surface area contributed by atoms with Crippen LogP contribution in [0.1, 0.15) is 59.3 Å². The van der Waals surface area contributed by atoms with Gasteiger partial charge in [-0.1, -0.05) is 45.7 Å². The molecule has 6 heteroatoms. The van der Waals surface area contributed by atoms with Gasteiger partial charge in [-0.3, -0.25) is 14.4 Å². The lowest BCUT2D eigenvalue weighted by atomic mass is 9.69. The fraction of sp³-hybridized carbons (Fsp3) is 0.591. The number of amides is 3. The third-order valence-corrected chi connectivity index (χ3v) is 5.86. The fourth-order valence-electron chi connectivity index (χ4n) is 4.43. The van der Waals surface area contributed by atoms with E-state index in [1.165, 1.54) is 11.3 Å². The van der Waals surface area contributed by atoms with Crippen LogP contribution in [0.4, 0.5) is 11.4 Å². The van der Waals surface area contributed by atoms with E-state index in [9.17, 15) is 14.4 Å². The summed E-state index contributed by atoms with van der Waals surface area (Å²) in [6, 6.07) is 7.41. The molecular weight excluding hydrogens is 354 g/mol. The summed E-state index contributed by atoms with van der Waals surface area (Å²) < 4.78 is 0. The molecule has 1 aromatic carbocycles. The first-order valence-electron chi connectivity index (χ1n) is 10.2. The van der Waals surface area contributed by atoms with E-state index >= 15 is 0 Å². The summed E-state index contributed by atoms with van der Waals surface area (Å²) in [6.07, 6.45) is 4.72. The van der Waals surface area contributed by atoms with Crippen molar-refractivity contribution in [2.24, 2.45) is 11.3 Å². The number of rotatable bonds is 4. The summed E-state index contributed by atoms with van der Waals surface area (Å²) in [5, 5.41) is 5.94. The molecular formula is C22H31N3O3. The number of hydrogen-bond donors (Lipinski definition) is 2. The Balaban J connectivity index is 1.57. The highest BCUT2D eigenvalue weighted by Gasteiger charge is 2.35. The minimum Gasteiger partial charge on any atom is -0.353 e. The molecule has 1 aromatic rings. The monoisotopic (exact) mass is 385 g/mol. The quantitative estimate of drug-likeness (QED) is 0.833. The standard InChI is InChI=1S/C22H31N3O3/c1-22(2,3)15-8-4-5-9-16(15)23-19(26)12-13-21(28)25-14-20(27)24-17-10-6-7-11-18(17)25/h6-7,10-11,15-16H,4-5,8-9,12-14H2,1-3H3,(H,23,26)(H,24,27)/t15-,16-/m0/s1. The maximum Gasteiger partial charge on any atom is 0.244 e. The fourth-order valence-corrected chi connectivity index (χ4v) is 4.43. The molecule has 152 valence electrons. The van der Waals surface area contributed by atoms with E-state index in [1.807, 2.05) is 18.2 Å². The van der Waals surface area contributed by atoms with E-state index in [4.69, 9.17) is 0 Å². The van der Waals surface area contributed by atoms with Crippen molar-refractivity contribution in [2.45, 2.75) is 65.3 Å². The highest BCUT2D eigenvalue weighted by Crippen LogP contribution is 2.38. The predicted octanol–water partition coefficient (Wildman–Crippen LogP) is 3.47. The number of para-hydroxylation sites is 2. The second-order valence-corrected chi connectivity index (χ2v) is 8.98. The van der Waals surface area contributed by atoms with Crippen molar-refractivity contribution in [3.05, 3.63) is 24.3 Å². The summed E-state index contributed by atoms with van der Waals surface area (Å²) in [5.74, 6) is -0.0389. The van der Waals surface area contributed by atoms with Crippen molar-refractivity contribution in [3.63, 3.8) is 0 Å². The van der Waals surface area contributed by atoms with Crippen LogP contribution in [0.2, 0.25) is 0 Å². The molecule has 1 heterocycles. The van der Waals surface area contributed by atoms with E-state index in [1.54, 1.807) is 6.07 Å². The number of fused-ring (bicyclic) bond motifs is 1. The number of carbonyl (C=O) groups excluding carboxylic acids is 3. The molecule has 0 saturated heterocycles. The molecule has 6 nitrogen and oxygen atoms in total. The third kappa shape index (κ3) is 4.72. The van der Waals surface area contributed by atoms with Gasteiger partial charge < -0.3 is 15.5 Å². The maximum atomic E-state index is 12.7. The second-order valence-electron chi connectivity index (χ2n) is 8.98. The molecule has 3 amide bonds. The Kier molecular flexibility index (Phi) is 6.06. The third-order valence-electron chi connectivity index (χ3n) is 5.86. The Morgan fingerprint density at radius 3 is 2.61 bits per heavy atom. The zero-order valence-corrected chi connectivity index (χ0v) is 17.1. The minimum atomic E-state index is -0.216. The highest BCUT2D eigenvalue weighted by atomic mass is 16.2. The van der Waals surface area contributed by atoms with E-state index in [2.05, 4.69) is 31.4 Å². The van der Waals surface area contributed by atoms with Crippen LogP contribution in [0.25, 0.3) is 0 Å². The van der Waals surface area contributed by atoms with Crippen LogP contribution in [0.3, 0.4) is 0 Å². The molecule has 1 fully saturated rings. The average Bonchev–Trinajstić information content (AvgIpc) is 2.65. The minimum absolute atomic E-state index is 0.00775. The average molecular weight is 386 g/mol. The van der Waals surface area contributed by atoms with Crippen LogP contribution in [0.5, 0.6) is 0 Å². The van der Waals surface area contributed by atoms with Crippen molar-refractivity contribution in [3.8, 4) is 0 Å². The van der Waals surface area contributed by atoms with Crippen molar-refractivity contribution in [1.29, 1.82) is 0 Å². The zero-order chi connectivity index (χ0) is 20.3. The largest absolute Gasteiger partial charge is 0.353 e. The maximum absolute atomic E-state index is 12.7. The molecule has 28 heavy (non-hydrogen) atoms. The molecule has 0 radical (unpaired) electrons. The van der Waals surface area contributed by atoms with Gasteiger partial charge in [0.25, 0.3) is 0 Å². The smallest absolute Gasteiger partial charge is 0.244 e. The van der Waals surface area contributed by atoms with E-state index in [0.717, 1.165) is 19.3 Å². The van der Waals surface area contributed by atoms with E-state index < -0.39 is 0 Å². The Hall–Kier alpha value is -2.37. The Labute approximate surface area is 167 Å². The second kappa shape index (κ2) is 8.33. The van der Waals surface area contributed by atoms with E-state index in [-0.39, 0.29) is 48.6 Å². The summed E-state index contributed by atoms with van der Waals surface area (Å²) in [4.78, 5) is 38.6. The number of benzene rings is 1. The number of carbonyl (C=O) groups is 3. The Morgan fingerprint density at radius 2 is 1.86 bits per heavy atom. The molecule has 2 N–H and O–H groups in total. The van der Waals surface area contributed by atoms with Gasteiger partial charge in [0.05, 0.1) is 11.4 Å². The van der Waals surface area contributed by atoms with Crippen LogP contribution < -0.4 is 15.5 Å². The molecule has 1 aliphatic heterocycles. The molecule has 0 spiro atoms. The molecule has 2 atom stereocenters. The van der Waals surface area contributed by atoms with Crippen LogP contribution in [-0.4, -0.2) is 30.3 Å². The molecule has 1 saturated carbocycles. The predicted molar refractivity (Wildman–Crippen MR) is 110 cm³/mol. The van der Waals surface area contributed by atoms with Gasteiger partial charge in [0.1, 0.15) is 6.54 Å².